The van der Waals surface area contributed by atoms with E-state index in [1.807, 2.05) is 0 Å². The largest absolute Gasteiger partial charge is 0.390 e. The maximum Gasteiger partial charge on any atom is 0.295 e. The van der Waals surface area contributed by atoms with Crippen LogP contribution in [-0.2, 0) is 33.3 Å². The summed E-state index contributed by atoms with van der Waals surface area (Å²) in [7, 11) is 1.48. The summed E-state index contributed by atoms with van der Waals surface area (Å²) in [6, 6.07) is 5.41. The van der Waals surface area contributed by atoms with Gasteiger partial charge in [0.05, 0.1) is 32.0 Å². The molecule has 1 aromatic heterocycles. The third-order valence-corrected chi connectivity index (χ3v) is 6.02. The van der Waals surface area contributed by atoms with Gasteiger partial charge in [-0.15, -0.1) is 0 Å². The van der Waals surface area contributed by atoms with Crippen molar-refractivity contribution < 1.29 is 28.2 Å². The van der Waals surface area contributed by atoms with Gasteiger partial charge in [0.1, 0.15) is 12.4 Å². The van der Waals surface area contributed by atoms with Crippen molar-refractivity contribution in [3.63, 3.8) is 0 Å². The first kappa shape index (κ1) is 22.8. The second kappa shape index (κ2) is 8.51. The van der Waals surface area contributed by atoms with Crippen LogP contribution < -0.4 is 5.32 Å². The lowest BCUT2D eigenvalue weighted by Crippen LogP contribution is -2.61. The summed E-state index contributed by atoms with van der Waals surface area (Å²) in [4.78, 5) is 23.1. The summed E-state index contributed by atoms with van der Waals surface area (Å²) in [5.74, 6) is -3.10. The van der Waals surface area contributed by atoms with E-state index in [0.29, 0.717) is 22.6 Å². The zero-order valence-corrected chi connectivity index (χ0v) is 18.3. The molecule has 32 heavy (non-hydrogen) atoms. The molecule has 1 fully saturated rings. The molecule has 172 valence electrons. The highest BCUT2D eigenvalue weighted by Crippen LogP contribution is 2.34. The third kappa shape index (κ3) is 4.03. The summed E-state index contributed by atoms with van der Waals surface area (Å²) >= 11 is 6.11. The predicted octanol–water partition coefficient (Wildman–Crippen LogP) is 2.64. The van der Waals surface area contributed by atoms with Crippen LogP contribution >= 0.6 is 11.6 Å². The molecular weight excluding hydrogens is 446 g/mol. The van der Waals surface area contributed by atoms with Gasteiger partial charge in [0.2, 0.25) is 5.28 Å². The molecule has 8 nitrogen and oxygen atoms in total. The third-order valence-electron chi connectivity index (χ3n) is 5.85. The molecule has 2 aliphatic heterocycles. The Hall–Kier alpha value is -2.40. The van der Waals surface area contributed by atoms with Crippen molar-refractivity contribution in [2.24, 2.45) is 0 Å². The lowest BCUT2D eigenvalue weighted by molar-refractivity contribution is -0.210. The van der Waals surface area contributed by atoms with E-state index in [-0.39, 0.29) is 43.1 Å². The van der Waals surface area contributed by atoms with Gasteiger partial charge in [-0.05, 0) is 30.2 Å². The number of carbonyl (C=O) groups is 1. The number of halogens is 3. The van der Waals surface area contributed by atoms with Crippen molar-refractivity contribution in [1.29, 1.82) is 0 Å². The van der Waals surface area contributed by atoms with Gasteiger partial charge in [-0.1, -0.05) is 18.2 Å². The lowest BCUT2D eigenvalue weighted by atomic mass is 10.0. The van der Waals surface area contributed by atoms with Gasteiger partial charge >= 0.3 is 0 Å². The Kier molecular flexibility index (Phi) is 6.06. The Morgan fingerprint density at radius 1 is 1.41 bits per heavy atom. The van der Waals surface area contributed by atoms with Crippen LogP contribution in [0.4, 0.5) is 14.6 Å². The van der Waals surface area contributed by atoms with Gasteiger partial charge in [-0.3, -0.25) is 4.79 Å². The fourth-order valence-electron chi connectivity index (χ4n) is 3.81. The number of alkyl halides is 2. The number of hydrogen-bond donors (Lipinski definition) is 2. The lowest BCUT2D eigenvalue weighted by Gasteiger charge is -2.40. The minimum atomic E-state index is -3.33. The van der Waals surface area contributed by atoms with Gasteiger partial charge in [0, 0.05) is 24.3 Å². The molecule has 1 saturated heterocycles. The number of benzene rings is 1. The molecular formula is C21H23ClF2N4O4. The van der Waals surface area contributed by atoms with Crippen LogP contribution in [0, 0.1) is 0 Å². The molecule has 1 aromatic carbocycles. The van der Waals surface area contributed by atoms with Crippen molar-refractivity contribution in [1.82, 2.24) is 14.9 Å². The van der Waals surface area contributed by atoms with Crippen LogP contribution in [0.3, 0.4) is 0 Å². The number of carbonyl (C=O) groups excluding carboxylic acids is 1. The minimum Gasteiger partial charge on any atom is -0.390 e. The zero-order chi connectivity index (χ0) is 23.1. The molecule has 0 bridgehead atoms. The Balaban J connectivity index is 1.56. The van der Waals surface area contributed by atoms with Crippen LogP contribution in [0.2, 0.25) is 5.28 Å². The average Bonchev–Trinajstić information content (AvgIpc) is 3.17. The van der Waals surface area contributed by atoms with Crippen molar-refractivity contribution in [3.05, 3.63) is 51.9 Å². The summed E-state index contributed by atoms with van der Waals surface area (Å²) in [5, 5.41) is 12.2. The number of anilines is 1. The quantitative estimate of drug-likeness (QED) is 0.603. The highest BCUT2D eigenvalue weighted by atomic mass is 35.5. The second-order valence-electron chi connectivity index (χ2n) is 7.97. The number of nitrogens with one attached hydrogen (secondary N) is 1. The van der Waals surface area contributed by atoms with Crippen LogP contribution in [-0.4, -0.2) is 58.4 Å². The van der Waals surface area contributed by atoms with E-state index >= 15 is 0 Å². The number of fused-ring (bicyclic) bond motifs is 1. The molecule has 2 aliphatic rings. The molecule has 0 saturated carbocycles. The number of methoxy groups -OCH3 is 1. The normalized spacial score (nSPS) is 18.1. The van der Waals surface area contributed by atoms with E-state index in [2.05, 4.69) is 15.3 Å². The van der Waals surface area contributed by atoms with Crippen LogP contribution in [0.1, 0.15) is 35.3 Å². The SMILES string of the molecule is COC1(C(=O)N2Cc3nc(Cl)nc(N[C@H](C)c4cccc(C(F)(F)CO)c4)c3C2)COC1. The van der Waals surface area contributed by atoms with Crippen LogP contribution in [0.25, 0.3) is 0 Å². The second-order valence-corrected chi connectivity index (χ2v) is 8.31. The van der Waals surface area contributed by atoms with Gasteiger partial charge in [-0.25, -0.2) is 9.97 Å². The number of ether oxygens (including phenoxy) is 2. The van der Waals surface area contributed by atoms with Crippen LogP contribution in [0.15, 0.2) is 24.3 Å². The molecule has 4 rings (SSSR count). The number of nitrogens with zero attached hydrogens (tertiary/aromatic N) is 3. The highest BCUT2D eigenvalue weighted by Gasteiger charge is 2.50. The van der Waals surface area contributed by atoms with Crippen molar-refractivity contribution in [2.45, 2.75) is 37.6 Å². The molecule has 11 heteroatoms. The standard InChI is InChI=1S/C21H23ClF2N4O4/c1-12(13-4-3-5-14(6-13)21(23,24)9-29)25-17-15-7-28(8-16(15)26-19(22)27-17)18(30)20(31-2)10-32-11-20/h3-6,12,29H,7-11H2,1-2H3,(H,25,26,27)/t12-/m1/s1. The molecule has 2 N–H and O–H groups in total. The van der Waals surface area contributed by atoms with E-state index in [0.717, 1.165) is 0 Å². The summed E-state index contributed by atoms with van der Waals surface area (Å²) in [5.41, 5.74) is 0.632. The Morgan fingerprint density at radius 2 is 2.16 bits per heavy atom. The smallest absolute Gasteiger partial charge is 0.295 e. The van der Waals surface area contributed by atoms with Gasteiger partial charge in [0.15, 0.2) is 5.60 Å². The number of aromatic nitrogens is 2. The summed E-state index contributed by atoms with van der Waals surface area (Å²) in [6.07, 6.45) is 0. The average molecular weight is 469 g/mol. The van der Waals surface area contributed by atoms with Crippen LogP contribution in [0.5, 0.6) is 0 Å². The maximum atomic E-state index is 13.9. The first-order valence-corrected chi connectivity index (χ1v) is 10.4. The molecule has 0 radical (unpaired) electrons. The fourth-order valence-corrected chi connectivity index (χ4v) is 3.99. The molecule has 0 aliphatic carbocycles. The Morgan fingerprint density at radius 3 is 2.78 bits per heavy atom. The number of hydrogen-bond acceptors (Lipinski definition) is 7. The van der Waals surface area contributed by atoms with Gasteiger partial charge in [-0.2, -0.15) is 8.78 Å². The maximum absolute atomic E-state index is 13.9. The summed E-state index contributed by atoms with van der Waals surface area (Å²) in [6.45, 7) is 1.42. The molecule has 2 aromatic rings. The van der Waals surface area contributed by atoms with Crippen molar-refractivity contribution in [2.75, 3.05) is 32.2 Å². The van der Waals surface area contributed by atoms with Gasteiger partial charge in [0.25, 0.3) is 11.8 Å². The minimum absolute atomic E-state index is 0.0155. The van der Waals surface area contributed by atoms with E-state index in [1.165, 1.54) is 25.3 Å². The number of aliphatic hydroxyl groups excluding tert-OH is 1. The number of aliphatic hydroxyl groups is 1. The first-order chi connectivity index (χ1) is 15.2. The van der Waals surface area contributed by atoms with E-state index in [9.17, 15) is 13.6 Å². The fraction of sp³-hybridized carbons (Fsp3) is 0.476. The van der Waals surface area contributed by atoms with Crippen molar-refractivity contribution >= 4 is 23.3 Å². The Labute approximate surface area is 188 Å². The predicted molar refractivity (Wildman–Crippen MR) is 111 cm³/mol. The molecule has 0 spiro atoms. The zero-order valence-electron chi connectivity index (χ0n) is 17.6. The summed E-state index contributed by atoms with van der Waals surface area (Å²) < 4.78 is 38.4. The number of rotatable bonds is 7. The van der Waals surface area contributed by atoms with E-state index in [1.54, 1.807) is 17.9 Å². The van der Waals surface area contributed by atoms with E-state index in [4.69, 9.17) is 26.2 Å². The van der Waals surface area contributed by atoms with E-state index < -0.39 is 24.2 Å². The monoisotopic (exact) mass is 468 g/mol. The number of amides is 1. The molecule has 3 heterocycles. The topological polar surface area (TPSA) is 96.8 Å². The van der Waals surface area contributed by atoms with Crippen molar-refractivity contribution in [3.8, 4) is 0 Å². The Bertz CT molecular complexity index is 1030. The first-order valence-electron chi connectivity index (χ1n) is 10.0. The highest BCUT2D eigenvalue weighted by molar-refractivity contribution is 6.28. The molecule has 1 atom stereocenters. The van der Waals surface area contributed by atoms with Gasteiger partial charge < -0.3 is 24.8 Å². The molecule has 1 amide bonds. The molecule has 0 unspecified atom stereocenters.